The first-order chi connectivity index (χ1) is 12.8. The number of rotatable bonds is 4. The average Bonchev–Trinajstić information content (AvgIpc) is 2.67. The molecule has 0 heterocycles. The van der Waals surface area contributed by atoms with Gasteiger partial charge in [0.1, 0.15) is 24.0 Å². The first-order valence-corrected chi connectivity index (χ1v) is 8.83. The van der Waals surface area contributed by atoms with E-state index < -0.39 is 0 Å². The molecule has 2 atom stereocenters. The zero-order valence-electron chi connectivity index (χ0n) is 15.6. The molecular weight excluding hydrogens is 338 g/mol. The Morgan fingerprint density at radius 1 is 1.11 bits per heavy atom. The second-order valence-corrected chi connectivity index (χ2v) is 7.49. The molecule has 136 valence electrons. The second-order valence-electron chi connectivity index (χ2n) is 7.49. The largest absolute Gasteiger partial charge is 0.490 e. The van der Waals surface area contributed by atoms with E-state index in [0.29, 0.717) is 28.9 Å². The lowest BCUT2D eigenvalue weighted by atomic mass is 9.64. The maximum atomic E-state index is 12.4. The molecule has 2 aromatic rings. The maximum absolute atomic E-state index is 12.4. The molecule has 1 N–H and O–H groups in total. The first-order valence-electron chi connectivity index (χ1n) is 8.83. The van der Waals surface area contributed by atoms with Gasteiger partial charge >= 0.3 is 0 Å². The number of hydrogen-bond donors (Lipinski definition) is 1. The highest BCUT2D eigenvalue weighted by molar-refractivity contribution is 5.94. The van der Waals surface area contributed by atoms with Crippen LogP contribution in [0.1, 0.15) is 47.3 Å². The number of benzene rings is 2. The van der Waals surface area contributed by atoms with E-state index in [9.17, 15) is 4.79 Å². The molecule has 5 heteroatoms. The van der Waals surface area contributed by atoms with Gasteiger partial charge in [0, 0.05) is 23.4 Å². The molecule has 0 bridgehead atoms. The molecule has 0 saturated heterocycles. The second kappa shape index (κ2) is 7.13. The number of carbonyl (C=O) groups excluding carboxylic acids is 1. The lowest BCUT2D eigenvalue weighted by Crippen LogP contribution is -2.63. The molecule has 2 aromatic carbocycles. The fourth-order valence-electron chi connectivity index (χ4n) is 3.23. The summed E-state index contributed by atoms with van der Waals surface area (Å²) in [5, 5.41) is 21.2. The van der Waals surface area contributed by atoms with Gasteiger partial charge in [-0.3, -0.25) is 4.79 Å². The third-order valence-electron chi connectivity index (χ3n) is 5.31. The minimum atomic E-state index is -0.249. The number of nitriles is 2. The van der Waals surface area contributed by atoms with Crippen LogP contribution in [-0.4, -0.2) is 18.1 Å². The number of nitrogens with zero attached hydrogens (tertiary/aromatic N) is 2. The molecule has 0 unspecified atom stereocenters. The summed E-state index contributed by atoms with van der Waals surface area (Å²) < 4.78 is 6.03. The fraction of sp³-hybridized carbons (Fsp3) is 0.318. The predicted molar refractivity (Wildman–Crippen MR) is 101 cm³/mol. The normalized spacial score (nSPS) is 19.9. The summed E-state index contributed by atoms with van der Waals surface area (Å²) in [6, 6.07) is 16.4. The van der Waals surface area contributed by atoms with E-state index >= 15 is 0 Å². The Morgan fingerprint density at radius 2 is 1.78 bits per heavy atom. The standard InChI is InChI=1S/C22H21N3O2/c1-14-4-6-15(7-5-14)21(26)25-19-11-20(22(19,2)3)27-18-9-8-16(12-23)17(10-18)13-24/h4-10,19-20H,11H2,1-3H3,(H,25,26)/t19-,20-/m0/s1. The van der Waals surface area contributed by atoms with Gasteiger partial charge in [0.05, 0.1) is 11.1 Å². The summed E-state index contributed by atoms with van der Waals surface area (Å²) in [6.45, 7) is 6.09. The van der Waals surface area contributed by atoms with Gasteiger partial charge in [0.25, 0.3) is 5.91 Å². The van der Waals surface area contributed by atoms with Crippen molar-refractivity contribution in [2.24, 2.45) is 5.41 Å². The van der Waals surface area contributed by atoms with Crippen LogP contribution < -0.4 is 10.1 Å². The molecule has 0 spiro atoms. The van der Waals surface area contributed by atoms with Gasteiger partial charge in [-0.25, -0.2) is 0 Å². The maximum Gasteiger partial charge on any atom is 0.251 e. The number of ether oxygens (including phenoxy) is 1. The number of hydrogen-bond acceptors (Lipinski definition) is 4. The SMILES string of the molecule is Cc1ccc(C(=O)N[C@H]2C[C@H](Oc3ccc(C#N)c(C#N)c3)C2(C)C)cc1. The van der Waals surface area contributed by atoms with E-state index in [1.807, 2.05) is 43.3 Å². The van der Waals surface area contributed by atoms with Gasteiger partial charge in [-0.1, -0.05) is 31.5 Å². The summed E-state index contributed by atoms with van der Waals surface area (Å²) >= 11 is 0. The van der Waals surface area contributed by atoms with Gasteiger partial charge in [-0.2, -0.15) is 10.5 Å². The van der Waals surface area contributed by atoms with Crippen molar-refractivity contribution in [3.8, 4) is 17.9 Å². The molecule has 1 amide bonds. The Balaban J connectivity index is 1.65. The van der Waals surface area contributed by atoms with Crippen LogP contribution in [-0.2, 0) is 0 Å². The Bertz CT molecular complexity index is 949. The van der Waals surface area contributed by atoms with Gasteiger partial charge in [-0.05, 0) is 37.3 Å². The monoisotopic (exact) mass is 359 g/mol. The third kappa shape index (κ3) is 3.64. The number of nitrogens with one attached hydrogen (secondary N) is 1. The molecule has 1 aliphatic carbocycles. The summed E-state index contributed by atoms with van der Waals surface area (Å²) in [5.74, 6) is 0.476. The van der Waals surface area contributed by atoms with Crippen LogP contribution >= 0.6 is 0 Å². The smallest absolute Gasteiger partial charge is 0.251 e. The Labute approximate surface area is 159 Å². The van der Waals surface area contributed by atoms with Crippen molar-refractivity contribution in [1.29, 1.82) is 10.5 Å². The van der Waals surface area contributed by atoms with E-state index in [1.54, 1.807) is 18.2 Å². The Hall–Kier alpha value is -3.31. The van der Waals surface area contributed by atoms with Crippen LogP contribution in [0.25, 0.3) is 0 Å². The summed E-state index contributed by atoms with van der Waals surface area (Å²) in [4.78, 5) is 12.4. The summed E-state index contributed by atoms with van der Waals surface area (Å²) in [5.41, 5.74) is 2.15. The van der Waals surface area contributed by atoms with Gasteiger partial charge < -0.3 is 10.1 Å². The van der Waals surface area contributed by atoms with Crippen LogP contribution in [0.5, 0.6) is 5.75 Å². The quantitative estimate of drug-likeness (QED) is 0.901. The van der Waals surface area contributed by atoms with Crippen molar-refractivity contribution < 1.29 is 9.53 Å². The molecule has 3 rings (SSSR count). The molecule has 1 aliphatic rings. The fourth-order valence-corrected chi connectivity index (χ4v) is 3.23. The van der Waals surface area contributed by atoms with E-state index in [1.165, 1.54) is 0 Å². The first kappa shape index (κ1) is 18.5. The lowest BCUT2D eigenvalue weighted by Gasteiger charge is -2.51. The molecule has 0 aromatic heterocycles. The Morgan fingerprint density at radius 3 is 2.37 bits per heavy atom. The molecular formula is C22H21N3O2. The van der Waals surface area contributed by atoms with Gasteiger partial charge in [0.15, 0.2) is 0 Å². The number of aryl methyl sites for hydroxylation is 1. The highest BCUT2D eigenvalue weighted by atomic mass is 16.5. The van der Waals surface area contributed by atoms with Crippen LogP contribution in [0.4, 0.5) is 0 Å². The van der Waals surface area contributed by atoms with E-state index in [2.05, 4.69) is 19.2 Å². The summed E-state index contributed by atoms with van der Waals surface area (Å²) in [6.07, 6.45) is 0.604. The molecule has 27 heavy (non-hydrogen) atoms. The van der Waals surface area contributed by atoms with Crippen LogP contribution in [0.3, 0.4) is 0 Å². The molecule has 0 radical (unpaired) electrons. The van der Waals surface area contributed by atoms with Crippen molar-refractivity contribution in [3.05, 3.63) is 64.7 Å². The van der Waals surface area contributed by atoms with Crippen LogP contribution in [0.15, 0.2) is 42.5 Å². The zero-order chi connectivity index (χ0) is 19.6. The van der Waals surface area contributed by atoms with Crippen molar-refractivity contribution in [2.75, 3.05) is 0 Å². The van der Waals surface area contributed by atoms with E-state index in [0.717, 1.165) is 5.56 Å². The van der Waals surface area contributed by atoms with Crippen LogP contribution in [0.2, 0.25) is 0 Å². The van der Waals surface area contributed by atoms with Gasteiger partial charge in [-0.15, -0.1) is 0 Å². The molecule has 0 aliphatic heterocycles. The molecule has 5 nitrogen and oxygen atoms in total. The number of carbonyl (C=O) groups is 1. The van der Waals surface area contributed by atoms with Crippen molar-refractivity contribution in [1.82, 2.24) is 5.32 Å². The van der Waals surface area contributed by atoms with E-state index in [4.69, 9.17) is 15.3 Å². The number of amides is 1. The van der Waals surface area contributed by atoms with Crippen molar-refractivity contribution >= 4 is 5.91 Å². The molecule has 1 saturated carbocycles. The minimum Gasteiger partial charge on any atom is -0.490 e. The third-order valence-corrected chi connectivity index (χ3v) is 5.31. The lowest BCUT2D eigenvalue weighted by molar-refractivity contribution is -0.0515. The van der Waals surface area contributed by atoms with E-state index in [-0.39, 0.29) is 23.5 Å². The van der Waals surface area contributed by atoms with Crippen LogP contribution in [0, 0.1) is 35.0 Å². The average molecular weight is 359 g/mol. The highest BCUT2D eigenvalue weighted by Crippen LogP contribution is 2.43. The van der Waals surface area contributed by atoms with Crippen molar-refractivity contribution in [2.45, 2.75) is 39.3 Å². The van der Waals surface area contributed by atoms with Crippen molar-refractivity contribution in [3.63, 3.8) is 0 Å². The Kier molecular flexibility index (Phi) is 4.88. The summed E-state index contributed by atoms with van der Waals surface area (Å²) in [7, 11) is 0. The zero-order valence-corrected chi connectivity index (χ0v) is 15.6. The van der Waals surface area contributed by atoms with Gasteiger partial charge in [0.2, 0.25) is 0 Å². The minimum absolute atomic E-state index is 0.00474. The topological polar surface area (TPSA) is 85.9 Å². The predicted octanol–water partition coefficient (Wildman–Crippen LogP) is 3.71. The highest BCUT2D eigenvalue weighted by Gasteiger charge is 2.50. The molecule has 1 fully saturated rings.